The third-order valence-electron chi connectivity index (χ3n) is 4.05. The predicted octanol–water partition coefficient (Wildman–Crippen LogP) is 4.26. The van der Waals surface area contributed by atoms with E-state index in [0.29, 0.717) is 5.56 Å². The van der Waals surface area contributed by atoms with Crippen LogP contribution in [0.2, 0.25) is 0 Å². The van der Waals surface area contributed by atoms with Gasteiger partial charge in [0.1, 0.15) is 0 Å². The third-order valence-corrected chi connectivity index (χ3v) is 4.05. The van der Waals surface area contributed by atoms with Crippen molar-refractivity contribution in [2.75, 3.05) is 26.2 Å². The summed E-state index contributed by atoms with van der Waals surface area (Å²) in [5, 5.41) is 3.26. The molecule has 0 saturated carbocycles. The van der Waals surface area contributed by atoms with E-state index in [0.717, 1.165) is 45.4 Å². The first-order valence-electron chi connectivity index (χ1n) is 7.65. The number of hydrogen-bond donors (Lipinski definition) is 1. The lowest BCUT2D eigenvalue weighted by molar-refractivity contribution is -0.138. The normalized spacial score (nSPS) is 17.8. The van der Waals surface area contributed by atoms with Gasteiger partial charge in [-0.3, -0.25) is 4.90 Å². The highest BCUT2D eigenvalue weighted by atomic mass is 35.5. The molecule has 6 heteroatoms. The molecule has 1 N–H and O–H groups in total. The van der Waals surface area contributed by atoms with Crippen molar-refractivity contribution in [1.29, 1.82) is 0 Å². The fourth-order valence-electron chi connectivity index (χ4n) is 2.97. The van der Waals surface area contributed by atoms with Gasteiger partial charge in [-0.1, -0.05) is 38.0 Å². The van der Waals surface area contributed by atoms with Gasteiger partial charge in [0.15, 0.2) is 0 Å². The van der Waals surface area contributed by atoms with E-state index < -0.39 is 11.7 Å². The summed E-state index contributed by atoms with van der Waals surface area (Å²) in [4.78, 5) is 2.19. The minimum Gasteiger partial charge on any atom is -0.314 e. The van der Waals surface area contributed by atoms with Gasteiger partial charge in [-0.15, -0.1) is 12.4 Å². The second kappa shape index (κ2) is 8.75. The summed E-state index contributed by atoms with van der Waals surface area (Å²) in [7, 11) is 0. The molecule has 1 fully saturated rings. The van der Waals surface area contributed by atoms with Crippen molar-refractivity contribution in [1.82, 2.24) is 10.2 Å². The smallest absolute Gasteiger partial charge is 0.314 e. The number of hydrogen-bond acceptors (Lipinski definition) is 2. The van der Waals surface area contributed by atoms with Crippen molar-refractivity contribution in [3.8, 4) is 0 Å². The van der Waals surface area contributed by atoms with Crippen molar-refractivity contribution >= 4 is 12.4 Å². The van der Waals surface area contributed by atoms with E-state index in [2.05, 4.69) is 17.1 Å². The molecule has 0 spiro atoms. The highest BCUT2D eigenvalue weighted by Crippen LogP contribution is 2.38. The Hall–Kier alpha value is -0.780. The summed E-state index contributed by atoms with van der Waals surface area (Å²) in [5.74, 6) is 0. The fraction of sp³-hybridized carbons (Fsp3) is 0.625. The Labute approximate surface area is 136 Å². The molecule has 0 radical (unpaired) electrons. The van der Waals surface area contributed by atoms with Crippen LogP contribution in [0, 0.1) is 0 Å². The Bertz CT molecular complexity index is 445. The maximum atomic E-state index is 13.3. The summed E-state index contributed by atoms with van der Waals surface area (Å²) in [5.41, 5.74) is -0.0509. The standard InChI is InChI=1S/C16H23F3N2.ClH/c1-2-3-8-15(21-11-9-20-10-12-21)13-6-4-5-7-14(13)16(17,18)19;/h4-7,15,20H,2-3,8-12H2,1H3;1H/t15-;/m1./s1. The van der Waals surface area contributed by atoms with E-state index in [9.17, 15) is 13.2 Å². The molecule has 0 bridgehead atoms. The number of unbranched alkanes of at least 4 members (excludes halogenated alkanes) is 1. The van der Waals surface area contributed by atoms with Crippen molar-refractivity contribution in [2.45, 2.75) is 38.4 Å². The van der Waals surface area contributed by atoms with Crippen molar-refractivity contribution in [2.24, 2.45) is 0 Å². The molecule has 1 aliphatic heterocycles. The summed E-state index contributed by atoms with van der Waals surface area (Å²) in [6.07, 6.45) is -1.56. The number of nitrogens with one attached hydrogen (secondary N) is 1. The maximum Gasteiger partial charge on any atom is 0.416 e. The molecule has 1 heterocycles. The lowest BCUT2D eigenvalue weighted by Crippen LogP contribution is -2.45. The molecular formula is C16H24ClF3N2. The first kappa shape index (κ1) is 19.3. The molecule has 22 heavy (non-hydrogen) atoms. The molecule has 1 saturated heterocycles. The van der Waals surface area contributed by atoms with Crippen LogP contribution in [-0.2, 0) is 6.18 Å². The summed E-state index contributed by atoms with van der Waals surface area (Å²) < 4.78 is 39.8. The summed E-state index contributed by atoms with van der Waals surface area (Å²) in [6, 6.07) is 5.90. The molecule has 1 aromatic carbocycles. The Morgan fingerprint density at radius 1 is 1.18 bits per heavy atom. The lowest BCUT2D eigenvalue weighted by atomic mass is 9.94. The Morgan fingerprint density at radius 2 is 1.82 bits per heavy atom. The number of rotatable bonds is 5. The Balaban J connectivity index is 0.00000242. The van der Waals surface area contributed by atoms with Gasteiger partial charge in [0.2, 0.25) is 0 Å². The molecular weight excluding hydrogens is 313 g/mol. The van der Waals surface area contributed by atoms with Crippen LogP contribution in [0.25, 0.3) is 0 Å². The highest BCUT2D eigenvalue weighted by molar-refractivity contribution is 5.85. The molecule has 0 aliphatic carbocycles. The molecule has 0 unspecified atom stereocenters. The Morgan fingerprint density at radius 3 is 2.41 bits per heavy atom. The zero-order valence-corrected chi connectivity index (χ0v) is 13.6. The summed E-state index contributed by atoms with van der Waals surface area (Å²) >= 11 is 0. The van der Waals surface area contributed by atoms with E-state index in [-0.39, 0.29) is 18.4 Å². The van der Waals surface area contributed by atoms with Gasteiger partial charge in [0.05, 0.1) is 5.56 Å². The monoisotopic (exact) mass is 336 g/mol. The second-order valence-electron chi connectivity index (χ2n) is 5.53. The SMILES string of the molecule is CCCC[C@H](c1ccccc1C(F)(F)F)N1CCNCC1.Cl. The van der Waals surface area contributed by atoms with Gasteiger partial charge in [0.25, 0.3) is 0 Å². The third kappa shape index (κ3) is 4.86. The highest BCUT2D eigenvalue weighted by Gasteiger charge is 2.36. The van der Waals surface area contributed by atoms with Crippen LogP contribution >= 0.6 is 12.4 Å². The first-order valence-corrected chi connectivity index (χ1v) is 7.65. The van der Waals surface area contributed by atoms with Gasteiger partial charge in [-0.05, 0) is 18.1 Å². The van der Waals surface area contributed by atoms with Gasteiger partial charge >= 0.3 is 6.18 Å². The quantitative estimate of drug-likeness (QED) is 0.864. The van der Waals surface area contributed by atoms with Crippen LogP contribution in [0.5, 0.6) is 0 Å². The maximum absolute atomic E-state index is 13.3. The molecule has 2 rings (SSSR count). The average Bonchev–Trinajstić information content (AvgIpc) is 2.48. The first-order chi connectivity index (χ1) is 10.0. The molecule has 1 aromatic rings. The van der Waals surface area contributed by atoms with Crippen molar-refractivity contribution < 1.29 is 13.2 Å². The zero-order chi connectivity index (χ0) is 15.3. The number of nitrogens with zero attached hydrogens (tertiary/aromatic N) is 1. The van der Waals surface area contributed by atoms with Crippen LogP contribution in [0.3, 0.4) is 0 Å². The van der Waals surface area contributed by atoms with Crippen LogP contribution in [0.15, 0.2) is 24.3 Å². The number of alkyl halides is 3. The number of halogens is 4. The van der Waals surface area contributed by atoms with E-state index in [4.69, 9.17) is 0 Å². The molecule has 2 nitrogen and oxygen atoms in total. The van der Waals surface area contributed by atoms with Crippen molar-refractivity contribution in [3.05, 3.63) is 35.4 Å². The zero-order valence-electron chi connectivity index (χ0n) is 12.8. The second-order valence-corrected chi connectivity index (χ2v) is 5.53. The largest absolute Gasteiger partial charge is 0.416 e. The van der Waals surface area contributed by atoms with Crippen LogP contribution in [-0.4, -0.2) is 31.1 Å². The lowest BCUT2D eigenvalue weighted by Gasteiger charge is -2.36. The molecule has 0 aromatic heterocycles. The van der Waals surface area contributed by atoms with E-state index in [1.54, 1.807) is 12.1 Å². The number of piperazine rings is 1. The number of benzene rings is 1. The van der Waals surface area contributed by atoms with Gasteiger partial charge in [0, 0.05) is 32.2 Å². The predicted molar refractivity (Wildman–Crippen MR) is 85.4 cm³/mol. The molecule has 0 amide bonds. The van der Waals surface area contributed by atoms with Crippen molar-refractivity contribution in [3.63, 3.8) is 0 Å². The van der Waals surface area contributed by atoms with E-state index >= 15 is 0 Å². The van der Waals surface area contributed by atoms with Crippen LogP contribution in [0.4, 0.5) is 13.2 Å². The van der Waals surface area contributed by atoms with Gasteiger partial charge in [-0.25, -0.2) is 0 Å². The topological polar surface area (TPSA) is 15.3 Å². The van der Waals surface area contributed by atoms with Gasteiger partial charge in [-0.2, -0.15) is 13.2 Å². The summed E-state index contributed by atoms with van der Waals surface area (Å²) in [6.45, 7) is 5.37. The Kier molecular flexibility index (Phi) is 7.66. The average molecular weight is 337 g/mol. The van der Waals surface area contributed by atoms with Crippen LogP contribution in [0.1, 0.15) is 43.4 Å². The molecule has 1 atom stereocenters. The fourth-order valence-corrected chi connectivity index (χ4v) is 2.97. The van der Waals surface area contributed by atoms with Crippen LogP contribution < -0.4 is 5.32 Å². The van der Waals surface area contributed by atoms with Gasteiger partial charge < -0.3 is 5.32 Å². The molecule has 126 valence electrons. The van der Waals surface area contributed by atoms with E-state index in [1.165, 1.54) is 12.1 Å². The minimum atomic E-state index is -4.28. The minimum absolute atomic E-state index is 0. The molecule has 1 aliphatic rings. The van der Waals surface area contributed by atoms with E-state index in [1.807, 2.05) is 0 Å².